The number of likely N-dealkylation sites (N-methyl/N-ethyl adjacent to an activating group) is 1. The molecule has 0 saturated carbocycles. The number of quaternary nitrogens is 1. The lowest BCUT2D eigenvalue weighted by atomic mass is 10.0. The zero-order valence-electron chi connectivity index (χ0n) is 36.7. The molecule has 1 amide bonds. The molecule has 3 atom stereocenters. The fourth-order valence-corrected chi connectivity index (χ4v) is 7.14. The molecule has 55 heavy (non-hydrogen) atoms. The minimum absolute atomic E-state index is 0.0546. The van der Waals surface area contributed by atoms with Crippen LogP contribution in [0.2, 0.25) is 0 Å². The Labute approximate surface area is 340 Å². The number of rotatable bonds is 41. The van der Waals surface area contributed by atoms with Gasteiger partial charge in [0.05, 0.1) is 39.9 Å². The molecule has 0 aliphatic rings. The molecule has 0 aliphatic heterocycles. The van der Waals surface area contributed by atoms with E-state index in [1.807, 2.05) is 27.2 Å². The lowest BCUT2D eigenvalue weighted by Crippen LogP contribution is -2.45. The summed E-state index contributed by atoms with van der Waals surface area (Å²) < 4.78 is 23.5. The van der Waals surface area contributed by atoms with Crippen LogP contribution in [-0.2, 0) is 18.4 Å². The number of carbonyl (C=O) groups is 1. The fourth-order valence-electron chi connectivity index (χ4n) is 6.40. The van der Waals surface area contributed by atoms with Crippen molar-refractivity contribution in [2.45, 2.75) is 212 Å². The Morgan fingerprint density at radius 2 is 1.00 bits per heavy atom. The molecule has 0 saturated heterocycles. The van der Waals surface area contributed by atoms with Gasteiger partial charge in [0.25, 0.3) is 0 Å². The van der Waals surface area contributed by atoms with Crippen molar-refractivity contribution in [2.75, 3.05) is 40.9 Å². The second-order valence-corrected chi connectivity index (χ2v) is 18.2. The van der Waals surface area contributed by atoms with Crippen molar-refractivity contribution in [3.63, 3.8) is 0 Å². The van der Waals surface area contributed by atoms with Gasteiger partial charge in [-0.2, -0.15) is 0 Å². The summed E-state index contributed by atoms with van der Waals surface area (Å²) in [6.45, 7) is 4.78. The molecule has 0 aromatic rings. The molecule has 0 aromatic carbocycles. The summed E-state index contributed by atoms with van der Waals surface area (Å²) in [6.07, 6.45) is 46.4. The van der Waals surface area contributed by atoms with E-state index in [2.05, 4.69) is 43.5 Å². The topological polar surface area (TPSA) is 105 Å². The third-order valence-electron chi connectivity index (χ3n) is 10.1. The molecule has 8 nitrogen and oxygen atoms in total. The summed E-state index contributed by atoms with van der Waals surface area (Å²) in [7, 11) is 1.55. The van der Waals surface area contributed by atoms with E-state index in [-0.39, 0.29) is 19.1 Å². The summed E-state index contributed by atoms with van der Waals surface area (Å²) >= 11 is 0. The van der Waals surface area contributed by atoms with Crippen molar-refractivity contribution in [3.05, 3.63) is 36.5 Å². The van der Waals surface area contributed by atoms with E-state index in [1.54, 1.807) is 6.08 Å². The van der Waals surface area contributed by atoms with Gasteiger partial charge in [0, 0.05) is 6.42 Å². The van der Waals surface area contributed by atoms with E-state index in [4.69, 9.17) is 9.05 Å². The van der Waals surface area contributed by atoms with Gasteiger partial charge in [-0.15, -0.1) is 0 Å². The number of unbranched alkanes of at least 4 members (excludes halogenated alkanes) is 24. The molecule has 0 bridgehead atoms. The number of amides is 1. The maximum absolute atomic E-state index is 12.8. The van der Waals surface area contributed by atoms with Crippen molar-refractivity contribution in [3.8, 4) is 0 Å². The highest BCUT2D eigenvalue weighted by atomic mass is 31.2. The van der Waals surface area contributed by atoms with Crippen LogP contribution in [0.3, 0.4) is 0 Å². The normalized spacial score (nSPS) is 14.7. The van der Waals surface area contributed by atoms with Crippen molar-refractivity contribution in [1.29, 1.82) is 0 Å². The largest absolute Gasteiger partial charge is 0.472 e. The number of phosphoric ester groups is 1. The van der Waals surface area contributed by atoms with Gasteiger partial charge in [-0.05, 0) is 57.8 Å². The van der Waals surface area contributed by atoms with Crippen LogP contribution in [0.4, 0.5) is 0 Å². The van der Waals surface area contributed by atoms with Gasteiger partial charge in [-0.25, -0.2) is 4.57 Å². The van der Waals surface area contributed by atoms with Crippen LogP contribution in [0, 0.1) is 0 Å². The number of nitrogens with one attached hydrogen (secondary N) is 1. The van der Waals surface area contributed by atoms with E-state index in [1.165, 1.54) is 128 Å². The number of hydrogen-bond acceptors (Lipinski definition) is 5. The lowest BCUT2D eigenvalue weighted by molar-refractivity contribution is -0.870. The number of aliphatic hydroxyl groups excluding tert-OH is 1. The van der Waals surface area contributed by atoms with E-state index >= 15 is 0 Å². The van der Waals surface area contributed by atoms with Gasteiger partial charge < -0.3 is 19.8 Å². The summed E-state index contributed by atoms with van der Waals surface area (Å²) in [6, 6.07) is -0.865. The Morgan fingerprint density at radius 3 is 1.45 bits per heavy atom. The molecule has 0 aliphatic carbocycles. The van der Waals surface area contributed by atoms with Crippen molar-refractivity contribution >= 4 is 13.7 Å². The minimum atomic E-state index is -4.35. The SMILES string of the molecule is CCCCCCC/C=C\CCCCCCCC(=O)NC(COP(=O)(O)OCC[N+](C)(C)C)C(O)/C=C/CC/C=C/CCCCCCCCCCCCCCC. The Kier molecular flexibility index (Phi) is 37.4. The maximum Gasteiger partial charge on any atom is 0.472 e. The first-order chi connectivity index (χ1) is 26.5. The standard InChI is InChI=1S/C46H89N2O6P/c1-6-8-10-12-14-16-18-20-22-23-24-25-26-27-29-31-33-35-37-39-45(49)44(43-54-55(51,52)53-42-41-48(3,4)5)47-46(50)40-38-36-34-32-30-28-21-19-17-15-13-11-9-7-2/h19,21,29,31,37,39,44-45,49H,6-18,20,22-28,30,32-36,38,40-43H2,1-5H3,(H-,47,50,51,52)/p+1/b21-19-,31-29+,39-37+. The molecular formula is C46H90N2O6P+. The molecule has 324 valence electrons. The average Bonchev–Trinajstić information content (AvgIpc) is 3.13. The van der Waals surface area contributed by atoms with Crippen molar-refractivity contribution < 1.29 is 32.9 Å². The van der Waals surface area contributed by atoms with Crippen LogP contribution in [0.15, 0.2) is 36.5 Å². The highest BCUT2D eigenvalue weighted by Crippen LogP contribution is 2.43. The van der Waals surface area contributed by atoms with Gasteiger partial charge in [0.2, 0.25) is 5.91 Å². The quantitative estimate of drug-likeness (QED) is 0.0246. The average molecular weight is 798 g/mol. The Bertz CT molecular complexity index is 995. The van der Waals surface area contributed by atoms with Crippen molar-refractivity contribution in [1.82, 2.24) is 5.32 Å². The number of phosphoric acid groups is 1. The fraction of sp³-hybridized carbons (Fsp3) is 0.848. The summed E-state index contributed by atoms with van der Waals surface area (Å²) in [5, 5.41) is 13.8. The zero-order valence-corrected chi connectivity index (χ0v) is 37.6. The first kappa shape index (κ1) is 53.7. The first-order valence-corrected chi connectivity index (χ1v) is 24.4. The second-order valence-electron chi connectivity index (χ2n) is 16.8. The van der Waals surface area contributed by atoms with Crippen LogP contribution < -0.4 is 5.32 Å². The Morgan fingerprint density at radius 1 is 0.600 bits per heavy atom. The number of aliphatic hydroxyl groups is 1. The van der Waals surface area contributed by atoms with Crippen molar-refractivity contribution in [2.24, 2.45) is 0 Å². The van der Waals surface area contributed by atoms with Gasteiger partial charge in [0.1, 0.15) is 13.2 Å². The van der Waals surface area contributed by atoms with Crippen LogP contribution >= 0.6 is 7.82 Å². The predicted molar refractivity (Wildman–Crippen MR) is 235 cm³/mol. The summed E-state index contributed by atoms with van der Waals surface area (Å²) in [5.41, 5.74) is 0. The first-order valence-electron chi connectivity index (χ1n) is 22.9. The maximum atomic E-state index is 12.8. The van der Waals surface area contributed by atoms with E-state index in [0.717, 1.165) is 51.4 Å². The molecule has 0 fully saturated rings. The molecule has 0 rings (SSSR count). The Hall–Kier alpha value is -1.28. The number of nitrogens with zero attached hydrogens (tertiary/aromatic N) is 1. The van der Waals surface area contributed by atoms with Crippen LogP contribution in [0.1, 0.15) is 200 Å². The van der Waals surface area contributed by atoms with Gasteiger partial charge >= 0.3 is 7.82 Å². The zero-order chi connectivity index (χ0) is 40.7. The molecule has 0 aromatic heterocycles. The monoisotopic (exact) mass is 798 g/mol. The molecule has 0 radical (unpaired) electrons. The Balaban J connectivity index is 4.46. The molecule has 3 N–H and O–H groups in total. The predicted octanol–water partition coefficient (Wildman–Crippen LogP) is 12.7. The molecule has 0 spiro atoms. The van der Waals surface area contributed by atoms with Crippen LogP contribution in [-0.4, -0.2) is 73.4 Å². The molecule has 9 heteroatoms. The molecule has 0 heterocycles. The van der Waals surface area contributed by atoms with Crippen LogP contribution in [0.5, 0.6) is 0 Å². The van der Waals surface area contributed by atoms with Gasteiger partial charge in [-0.3, -0.25) is 13.8 Å². The minimum Gasteiger partial charge on any atom is -0.387 e. The van der Waals surface area contributed by atoms with Crippen LogP contribution in [0.25, 0.3) is 0 Å². The summed E-state index contributed by atoms with van der Waals surface area (Å²) in [4.78, 5) is 23.1. The third-order valence-corrected chi connectivity index (χ3v) is 11.1. The third kappa shape index (κ3) is 40.7. The van der Waals surface area contributed by atoms with Gasteiger partial charge in [0.15, 0.2) is 0 Å². The van der Waals surface area contributed by atoms with E-state index in [0.29, 0.717) is 17.4 Å². The number of carbonyl (C=O) groups excluding carboxylic acids is 1. The second kappa shape index (κ2) is 38.2. The van der Waals surface area contributed by atoms with E-state index in [9.17, 15) is 19.4 Å². The summed E-state index contributed by atoms with van der Waals surface area (Å²) in [5.74, 6) is -0.197. The van der Waals surface area contributed by atoms with E-state index < -0.39 is 20.0 Å². The van der Waals surface area contributed by atoms with Gasteiger partial charge in [-0.1, -0.05) is 172 Å². The smallest absolute Gasteiger partial charge is 0.387 e. The highest BCUT2D eigenvalue weighted by molar-refractivity contribution is 7.47. The molecular weight excluding hydrogens is 707 g/mol. The number of allylic oxidation sites excluding steroid dienone is 5. The lowest BCUT2D eigenvalue weighted by Gasteiger charge is -2.25. The number of hydrogen-bond donors (Lipinski definition) is 3. The molecule has 3 unspecified atom stereocenters. The highest BCUT2D eigenvalue weighted by Gasteiger charge is 2.27.